The fourth-order valence-corrected chi connectivity index (χ4v) is 6.04. The quantitative estimate of drug-likeness (QED) is 0.402. The van der Waals surface area contributed by atoms with Gasteiger partial charge in [0, 0.05) is 0 Å². The molecule has 0 aromatic heterocycles. The van der Waals surface area contributed by atoms with E-state index >= 15 is 0 Å². The fraction of sp³-hybridized carbons (Fsp3) is 1.00. The molecule has 2 aliphatic rings. The summed E-state index contributed by atoms with van der Waals surface area (Å²) in [6.07, 6.45) is 17.3. The average Bonchev–Trinajstić information content (AvgIpc) is 2.62. The molecule has 0 radical (unpaired) electrons. The summed E-state index contributed by atoms with van der Waals surface area (Å²) in [5, 5.41) is 3.45. The fourth-order valence-electron chi connectivity index (χ4n) is 6.04. The Balaban J connectivity index is 1.89. The normalized spacial score (nSPS) is 37.5. The molecule has 2 saturated carbocycles. The monoisotopic (exact) mass is 363 g/mol. The van der Waals surface area contributed by atoms with Crippen LogP contribution >= 0.6 is 0 Å². The number of nitroso groups, excluding NO2 is 1. The molecular weight excluding hydrogens is 318 g/mol. The smallest absolute Gasteiger partial charge is 0.0922 e. The summed E-state index contributed by atoms with van der Waals surface area (Å²) < 4.78 is 0. The molecule has 2 nitrogen and oxygen atoms in total. The molecule has 7 unspecified atom stereocenters. The van der Waals surface area contributed by atoms with E-state index in [0.29, 0.717) is 5.92 Å². The maximum Gasteiger partial charge on any atom is 0.0922 e. The highest BCUT2D eigenvalue weighted by molar-refractivity contribution is 4.82. The van der Waals surface area contributed by atoms with Crippen LogP contribution in [0.3, 0.4) is 0 Å². The Bertz CT molecular complexity index is 396. The van der Waals surface area contributed by atoms with Gasteiger partial charge in [0.2, 0.25) is 0 Å². The summed E-state index contributed by atoms with van der Waals surface area (Å²) >= 11 is 0. The third-order valence-corrected chi connectivity index (χ3v) is 7.86. The van der Waals surface area contributed by atoms with Crippen molar-refractivity contribution >= 4 is 0 Å². The maximum atomic E-state index is 11.2. The lowest BCUT2D eigenvalue weighted by atomic mass is 9.70. The highest BCUT2D eigenvalue weighted by Gasteiger charge is 2.29. The molecule has 26 heavy (non-hydrogen) atoms. The Morgan fingerprint density at radius 2 is 1.65 bits per heavy atom. The zero-order valence-electron chi connectivity index (χ0n) is 18.1. The molecule has 0 bridgehead atoms. The standard InChI is InChI=1S/C24H45NO/c1-5-8-24(25-26)17-23-13-11-18(2)15-21(16-20(23)4)12-14-22-10-7-6-9-19(22)3/h18-24H,5-17H2,1-4H3. The molecule has 2 heteroatoms. The second kappa shape index (κ2) is 11.4. The number of hydrogen-bond donors (Lipinski definition) is 0. The van der Waals surface area contributed by atoms with Crippen molar-refractivity contribution in [2.75, 3.05) is 0 Å². The summed E-state index contributed by atoms with van der Waals surface area (Å²) in [5.74, 6) is 5.18. The van der Waals surface area contributed by atoms with E-state index in [1.54, 1.807) is 0 Å². The minimum atomic E-state index is 0.0590. The first-order chi connectivity index (χ1) is 12.5. The van der Waals surface area contributed by atoms with Gasteiger partial charge in [-0.3, -0.25) is 0 Å². The van der Waals surface area contributed by atoms with Crippen molar-refractivity contribution < 1.29 is 0 Å². The van der Waals surface area contributed by atoms with E-state index in [0.717, 1.165) is 48.9 Å². The van der Waals surface area contributed by atoms with Crippen LogP contribution in [0, 0.1) is 40.4 Å². The van der Waals surface area contributed by atoms with Crippen LogP contribution < -0.4 is 0 Å². The Hall–Kier alpha value is -0.400. The summed E-state index contributed by atoms with van der Waals surface area (Å²) in [6.45, 7) is 9.59. The number of rotatable bonds is 8. The largest absolute Gasteiger partial charge is 0.151 e. The van der Waals surface area contributed by atoms with E-state index in [2.05, 4.69) is 32.9 Å². The highest BCUT2D eigenvalue weighted by Crippen LogP contribution is 2.40. The van der Waals surface area contributed by atoms with Crippen LogP contribution in [-0.4, -0.2) is 6.04 Å². The molecule has 0 aromatic carbocycles. The first kappa shape index (κ1) is 21.9. The van der Waals surface area contributed by atoms with Crippen molar-refractivity contribution in [2.24, 2.45) is 40.7 Å². The van der Waals surface area contributed by atoms with Gasteiger partial charge in [0.15, 0.2) is 0 Å². The SMILES string of the molecule is CCCC(CC1CCC(C)CC(CCC2CCCCC2C)CC1C)N=O. The van der Waals surface area contributed by atoms with Gasteiger partial charge in [0.25, 0.3) is 0 Å². The van der Waals surface area contributed by atoms with E-state index in [4.69, 9.17) is 0 Å². The molecule has 0 amide bonds. The molecule has 0 aromatic rings. The first-order valence-electron chi connectivity index (χ1n) is 11.9. The molecule has 0 N–H and O–H groups in total. The maximum absolute atomic E-state index is 11.2. The lowest BCUT2D eigenvalue weighted by molar-refractivity contribution is 0.161. The summed E-state index contributed by atoms with van der Waals surface area (Å²) in [7, 11) is 0. The van der Waals surface area contributed by atoms with Gasteiger partial charge in [-0.25, -0.2) is 0 Å². The zero-order valence-corrected chi connectivity index (χ0v) is 18.1. The van der Waals surface area contributed by atoms with Gasteiger partial charge in [-0.2, -0.15) is 4.91 Å². The Morgan fingerprint density at radius 3 is 2.35 bits per heavy atom. The van der Waals surface area contributed by atoms with Crippen LogP contribution in [0.15, 0.2) is 5.18 Å². The van der Waals surface area contributed by atoms with E-state index in [1.165, 1.54) is 64.2 Å². The molecular formula is C24H45NO. The van der Waals surface area contributed by atoms with Gasteiger partial charge in [-0.15, -0.1) is 0 Å². The van der Waals surface area contributed by atoms with Crippen LogP contribution in [-0.2, 0) is 0 Å². The van der Waals surface area contributed by atoms with Gasteiger partial charge >= 0.3 is 0 Å². The molecule has 0 heterocycles. The van der Waals surface area contributed by atoms with Crippen LogP contribution in [0.2, 0.25) is 0 Å². The van der Waals surface area contributed by atoms with Gasteiger partial charge < -0.3 is 0 Å². The van der Waals surface area contributed by atoms with Crippen molar-refractivity contribution in [3.8, 4) is 0 Å². The Labute approximate surface area is 163 Å². The molecule has 2 rings (SSSR count). The predicted molar refractivity (Wildman–Crippen MR) is 113 cm³/mol. The van der Waals surface area contributed by atoms with Gasteiger partial charge in [-0.05, 0) is 74.0 Å². The summed E-state index contributed by atoms with van der Waals surface area (Å²) in [5.41, 5.74) is 0. The van der Waals surface area contributed by atoms with Crippen LogP contribution in [0.25, 0.3) is 0 Å². The van der Waals surface area contributed by atoms with Crippen LogP contribution in [0.5, 0.6) is 0 Å². The lowest BCUT2D eigenvalue weighted by Gasteiger charge is -2.35. The molecule has 0 spiro atoms. The molecule has 0 aliphatic heterocycles. The number of nitrogens with zero attached hydrogens (tertiary/aromatic N) is 1. The van der Waals surface area contributed by atoms with Crippen LogP contribution in [0.4, 0.5) is 0 Å². The van der Waals surface area contributed by atoms with Crippen molar-refractivity contribution in [1.29, 1.82) is 0 Å². The van der Waals surface area contributed by atoms with E-state index < -0.39 is 0 Å². The Kier molecular flexibility index (Phi) is 9.64. The van der Waals surface area contributed by atoms with Gasteiger partial charge in [0.05, 0.1) is 6.04 Å². The second-order valence-corrected chi connectivity index (χ2v) is 10.1. The van der Waals surface area contributed by atoms with Gasteiger partial charge in [-0.1, -0.05) is 77.8 Å². The minimum absolute atomic E-state index is 0.0590. The van der Waals surface area contributed by atoms with Crippen molar-refractivity contribution in [2.45, 2.75) is 117 Å². The highest BCUT2D eigenvalue weighted by atomic mass is 16.3. The molecule has 2 fully saturated rings. The van der Waals surface area contributed by atoms with E-state index in [9.17, 15) is 4.91 Å². The molecule has 7 atom stereocenters. The van der Waals surface area contributed by atoms with Crippen LogP contribution in [0.1, 0.15) is 111 Å². The average molecular weight is 364 g/mol. The third-order valence-electron chi connectivity index (χ3n) is 7.86. The first-order valence-corrected chi connectivity index (χ1v) is 11.9. The topological polar surface area (TPSA) is 29.4 Å². The Morgan fingerprint density at radius 1 is 0.885 bits per heavy atom. The molecule has 152 valence electrons. The minimum Gasteiger partial charge on any atom is -0.151 e. The number of hydrogen-bond acceptors (Lipinski definition) is 2. The second-order valence-electron chi connectivity index (χ2n) is 10.1. The summed E-state index contributed by atoms with van der Waals surface area (Å²) in [6, 6.07) is 0.0590. The predicted octanol–water partition coefficient (Wildman–Crippen LogP) is 8.00. The lowest BCUT2D eigenvalue weighted by Crippen LogP contribution is -2.25. The molecule has 0 saturated heterocycles. The van der Waals surface area contributed by atoms with Gasteiger partial charge in [0.1, 0.15) is 0 Å². The zero-order chi connectivity index (χ0) is 18.9. The van der Waals surface area contributed by atoms with Crippen molar-refractivity contribution in [1.82, 2.24) is 0 Å². The van der Waals surface area contributed by atoms with Crippen molar-refractivity contribution in [3.05, 3.63) is 4.91 Å². The van der Waals surface area contributed by atoms with E-state index in [1.807, 2.05) is 0 Å². The van der Waals surface area contributed by atoms with E-state index in [-0.39, 0.29) is 6.04 Å². The molecule has 2 aliphatic carbocycles. The van der Waals surface area contributed by atoms with Crippen molar-refractivity contribution in [3.63, 3.8) is 0 Å². The third kappa shape index (κ3) is 6.97. The summed E-state index contributed by atoms with van der Waals surface area (Å²) in [4.78, 5) is 11.2.